The van der Waals surface area contributed by atoms with E-state index in [0.29, 0.717) is 0 Å². The third-order valence-corrected chi connectivity index (χ3v) is 2.79. The summed E-state index contributed by atoms with van der Waals surface area (Å²) in [6, 6.07) is 0.195. The van der Waals surface area contributed by atoms with E-state index in [-0.39, 0.29) is 12.6 Å². The van der Waals surface area contributed by atoms with Crippen LogP contribution in [0.3, 0.4) is 0 Å². The first kappa shape index (κ1) is 9.73. The van der Waals surface area contributed by atoms with Crippen LogP contribution in [0, 0.1) is 0 Å². The van der Waals surface area contributed by atoms with Crippen LogP contribution in [0.25, 0.3) is 0 Å². The zero-order valence-corrected chi connectivity index (χ0v) is 8.61. The number of aliphatic imine (C=N–C) groups is 1. The number of aliphatic hydroxyl groups excluding tert-OH is 1. The van der Waals surface area contributed by atoms with Gasteiger partial charge in [-0.25, -0.2) is 0 Å². The Bertz CT molecular complexity index is 231. The van der Waals surface area contributed by atoms with E-state index in [1.165, 1.54) is 0 Å². The van der Waals surface area contributed by atoms with Gasteiger partial charge in [-0.15, -0.1) is 0 Å². The van der Waals surface area contributed by atoms with Crippen LogP contribution in [0.2, 0.25) is 0 Å². The van der Waals surface area contributed by atoms with Crippen LogP contribution in [0.4, 0.5) is 0 Å². The van der Waals surface area contributed by atoms with Crippen LogP contribution in [-0.4, -0.2) is 73.3 Å². The minimum absolute atomic E-state index is 0.195. The monoisotopic (exact) mass is 198 g/mol. The summed E-state index contributed by atoms with van der Waals surface area (Å²) in [4.78, 5) is 8.90. The Kier molecular flexibility index (Phi) is 2.88. The average molecular weight is 198 g/mol. The Morgan fingerprint density at radius 1 is 1.57 bits per heavy atom. The minimum Gasteiger partial charge on any atom is -0.395 e. The Hall–Kier alpha value is -0.810. The molecule has 2 heterocycles. The lowest BCUT2D eigenvalue weighted by Crippen LogP contribution is -2.56. The quantitative estimate of drug-likeness (QED) is 0.541. The number of hydrogen-bond acceptors (Lipinski definition) is 5. The third kappa shape index (κ3) is 1.83. The molecule has 1 unspecified atom stereocenters. The topological polar surface area (TPSA) is 51.1 Å². The fraction of sp³-hybridized carbons (Fsp3) is 0.889. The van der Waals surface area contributed by atoms with E-state index >= 15 is 0 Å². The molecule has 2 aliphatic rings. The van der Waals surface area contributed by atoms with Crippen molar-refractivity contribution in [3.8, 4) is 0 Å². The molecule has 0 saturated carbocycles. The molecule has 0 amide bonds. The molecule has 5 nitrogen and oxygen atoms in total. The van der Waals surface area contributed by atoms with Gasteiger partial charge in [0.15, 0.2) is 5.96 Å². The van der Waals surface area contributed by atoms with Gasteiger partial charge in [-0.2, -0.15) is 0 Å². The molecular formula is C9H18N4O. The number of hydrogen-bond donors (Lipinski definition) is 2. The van der Waals surface area contributed by atoms with Gasteiger partial charge in [-0.1, -0.05) is 0 Å². The van der Waals surface area contributed by atoms with Crippen LogP contribution < -0.4 is 5.32 Å². The van der Waals surface area contributed by atoms with Gasteiger partial charge in [0, 0.05) is 39.3 Å². The molecule has 0 spiro atoms. The van der Waals surface area contributed by atoms with Crippen molar-refractivity contribution in [2.75, 3.05) is 46.4 Å². The molecule has 2 N–H and O–H groups in total. The standard InChI is InChI=1S/C9H18N4O/c1-12-4-2-11-9(12)13-5-3-10-8(6-13)7-14/h8,10,14H,2-7H2,1H3. The van der Waals surface area contributed by atoms with Crippen LogP contribution >= 0.6 is 0 Å². The second-order valence-corrected chi connectivity index (χ2v) is 3.88. The van der Waals surface area contributed by atoms with Gasteiger partial charge in [0.05, 0.1) is 13.2 Å². The highest BCUT2D eigenvalue weighted by atomic mass is 16.3. The molecule has 0 aromatic heterocycles. The highest BCUT2D eigenvalue weighted by Crippen LogP contribution is 2.07. The van der Waals surface area contributed by atoms with Crippen molar-refractivity contribution >= 4 is 5.96 Å². The van der Waals surface area contributed by atoms with Gasteiger partial charge in [0.25, 0.3) is 0 Å². The number of nitrogens with one attached hydrogen (secondary N) is 1. The van der Waals surface area contributed by atoms with Crippen molar-refractivity contribution < 1.29 is 5.11 Å². The van der Waals surface area contributed by atoms with Crippen LogP contribution in [0.5, 0.6) is 0 Å². The molecule has 5 heteroatoms. The maximum atomic E-state index is 9.07. The second-order valence-electron chi connectivity index (χ2n) is 3.88. The van der Waals surface area contributed by atoms with Crippen LogP contribution in [-0.2, 0) is 0 Å². The third-order valence-electron chi connectivity index (χ3n) is 2.79. The van der Waals surface area contributed by atoms with E-state index in [2.05, 4.69) is 27.2 Å². The van der Waals surface area contributed by atoms with Crippen LogP contribution in [0.15, 0.2) is 4.99 Å². The van der Waals surface area contributed by atoms with Crippen molar-refractivity contribution in [1.82, 2.24) is 15.1 Å². The summed E-state index contributed by atoms with van der Waals surface area (Å²) >= 11 is 0. The molecule has 80 valence electrons. The van der Waals surface area contributed by atoms with Gasteiger partial charge in [0.2, 0.25) is 0 Å². The number of likely N-dealkylation sites (N-methyl/N-ethyl adjacent to an activating group) is 1. The average Bonchev–Trinajstić information content (AvgIpc) is 2.65. The Morgan fingerprint density at radius 2 is 2.43 bits per heavy atom. The molecule has 1 saturated heterocycles. The normalized spacial score (nSPS) is 28.1. The van der Waals surface area contributed by atoms with Crippen molar-refractivity contribution in [1.29, 1.82) is 0 Å². The van der Waals surface area contributed by atoms with E-state index in [1.54, 1.807) is 0 Å². The SMILES string of the molecule is CN1CCN=C1N1CCNC(CO)C1. The van der Waals surface area contributed by atoms with Gasteiger partial charge in [0.1, 0.15) is 0 Å². The number of piperazine rings is 1. The number of aliphatic hydroxyl groups is 1. The zero-order chi connectivity index (χ0) is 9.97. The summed E-state index contributed by atoms with van der Waals surface area (Å²) in [6.45, 7) is 4.90. The molecular weight excluding hydrogens is 180 g/mol. The van der Waals surface area contributed by atoms with E-state index in [4.69, 9.17) is 5.11 Å². The molecule has 0 bridgehead atoms. The number of rotatable bonds is 1. The first-order chi connectivity index (χ1) is 6.81. The van der Waals surface area contributed by atoms with Gasteiger partial charge >= 0.3 is 0 Å². The van der Waals surface area contributed by atoms with E-state index in [1.807, 2.05) is 0 Å². The number of guanidine groups is 1. The van der Waals surface area contributed by atoms with Crippen molar-refractivity contribution in [2.24, 2.45) is 4.99 Å². The molecule has 1 atom stereocenters. The molecule has 0 aliphatic carbocycles. The maximum absolute atomic E-state index is 9.07. The van der Waals surface area contributed by atoms with Crippen molar-refractivity contribution in [3.63, 3.8) is 0 Å². The van der Waals surface area contributed by atoms with E-state index in [0.717, 1.165) is 38.7 Å². The molecule has 2 rings (SSSR count). The molecule has 14 heavy (non-hydrogen) atoms. The maximum Gasteiger partial charge on any atom is 0.196 e. The van der Waals surface area contributed by atoms with Gasteiger partial charge < -0.3 is 20.2 Å². The summed E-state index contributed by atoms with van der Waals surface area (Å²) in [6.07, 6.45) is 0. The Balaban J connectivity index is 1.97. The largest absolute Gasteiger partial charge is 0.395 e. The molecule has 0 radical (unpaired) electrons. The van der Waals surface area contributed by atoms with Crippen LogP contribution in [0.1, 0.15) is 0 Å². The van der Waals surface area contributed by atoms with Crippen molar-refractivity contribution in [2.45, 2.75) is 6.04 Å². The fourth-order valence-electron chi connectivity index (χ4n) is 1.99. The zero-order valence-electron chi connectivity index (χ0n) is 8.61. The predicted octanol–water partition coefficient (Wildman–Crippen LogP) is -1.45. The number of nitrogens with zero attached hydrogens (tertiary/aromatic N) is 3. The second kappa shape index (κ2) is 4.14. The molecule has 2 aliphatic heterocycles. The first-order valence-electron chi connectivity index (χ1n) is 5.16. The highest BCUT2D eigenvalue weighted by Gasteiger charge is 2.25. The predicted molar refractivity (Wildman–Crippen MR) is 55.4 cm³/mol. The van der Waals surface area contributed by atoms with Crippen molar-refractivity contribution in [3.05, 3.63) is 0 Å². The summed E-state index contributed by atoms with van der Waals surface area (Å²) in [7, 11) is 2.07. The van der Waals surface area contributed by atoms with E-state index in [9.17, 15) is 0 Å². The smallest absolute Gasteiger partial charge is 0.196 e. The molecule has 0 aromatic rings. The fourth-order valence-corrected chi connectivity index (χ4v) is 1.99. The van der Waals surface area contributed by atoms with Gasteiger partial charge in [-0.3, -0.25) is 4.99 Å². The summed E-state index contributed by atoms with van der Waals surface area (Å²) in [5.74, 6) is 1.09. The molecule has 0 aromatic carbocycles. The summed E-state index contributed by atoms with van der Waals surface area (Å²) in [5.41, 5.74) is 0. The first-order valence-corrected chi connectivity index (χ1v) is 5.16. The lowest BCUT2D eigenvalue weighted by atomic mass is 10.2. The minimum atomic E-state index is 0.195. The lowest BCUT2D eigenvalue weighted by molar-refractivity contribution is 0.184. The van der Waals surface area contributed by atoms with Gasteiger partial charge in [-0.05, 0) is 0 Å². The summed E-state index contributed by atoms with van der Waals surface area (Å²) in [5, 5.41) is 12.3. The lowest BCUT2D eigenvalue weighted by Gasteiger charge is -2.36. The summed E-state index contributed by atoms with van der Waals surface area (Å²) < 4.78 is 0. The Morgan fingerprint density at radius 3 is 3.07 bits per heavy atom. The van der Waals surface area contributed by atoms with E-state index < -0.39 is 0 Å². The Labute approximate surface area is 84.4 Å². The highest BCUT2D eigenvalue weighted by molar-refractivity contribution is 5.81. The molecule has 1 fully saturated rings.